The highest BCUT2D eigenvalue weighted by molar-refractivity contribution is 7.99. The summed E-state index contributed by atoms with van der Waals surface area (Å²) in [5, 5.41) is 33.8. The molecule has 1 aromatic carbocycles. The molecule has 9 nitrogen and oxygen atoms in total. The Morgan fingerprint density at radius 1 is 1.17 bits per heavy atom. The Bertz CT molecular complexity index is 986. The molecular formula is C20H25N5O4S. The maximum absolute atomic E-state index is 10.4. The van der Waals surface area contributed by atoms with Crippen molar-refractivity contribution in [2.75, 3.05) is 17.7 Å². The first-order chi connectivity index (χ1) is 14.6. The minimum atomic E-state index is -1.21. The minimum absolute atomic E-state index is 0.391. The van der Waals surface area contributed by atoms with Gasteiger partial charge in [0.15, 0.2) is 28.4 Å². The van der Waals surface area contributed by atoms with Gasteiger partial charge in [0, 0.05) is 12.3 Å². The van der Waals surface area contributed by atoms with Gasteiger partial charge in [0.25, 0.3) is 0 Å². The summed E-state index contributed by atoms with van der Waals surface area (Å²) in [5.41, 5.74) is 2.15. The number of nitrogens with one attached hydrogen (secondary N) is 1. The number of rotatable bonds is 8. The Balaban J connectivity index is 1.69. The van der Waals surface area contributed by atoms with E-state index in [0.29, 0.717) is 28.7 Å². The third-order valence-corrected chi connectivity index (χ3v) is 5.98. The van der Waals surface area contributed by atoms with E-state index in [-0.39, 0.29) is 0 Å². The molecule has 0 bridgehead atoms. The molecule has 0 radical (unpaired) electrons. The number of hydrogen-bond donors (Lipinski definition) is 4. The summed E-state index contributed by atoms with van der Waals surface area (Å²) in [6.45, 7) is 2.27. The minimum Gasteiger partial charge on any atom is -0.394 e. The number of ether oxygens (including phenoxy) is 1. The number of fused-ring (bicyclic) bond motifs is 1. The van der Waals surface area contributed by atoms with E-state index in [9.17, 15) is 15.3 Å². The Morgan fingerprint density at radius 3 is 2.67 bits per heavy atom. The molecule has 0 saturated carbocycles. The van der Waals surface area contributed by atoms with Crippen molar-refractivity contribution >= 4 is 28.7 Å². The average molecular weight is 432 g/mol. The van der Waals surface area contributed by atoms with Gasteiger partial charge in [0.1, 0.15) is 18.3 Å². The van der Waals surface area contributed by atoms with Crippen molar-refractivity contribution in [3.8, 4) is 0 Å². The van der Waals surface area contributed by atoms with Crippen LogP contribution in [-0.2, 0) is 11.3 Å². The van der Waals surface area contributed by atoms with Crippen LogP contribution in [0, 0.1) is 0 Å². The normalized spacial score (nSPS) is 23.9. The van der Waals surface area contributed by atoms with Crippen LogP contribution in [0.5, 0.6) is 0 Å². The first-order valence-electron chi connectivity index (χ1n) is 9.90. The molecule has 0 spiro atoms. The van der Waals surface area contributed by atoms with Crippen LogP contribution in [0.15, 0.2) is 41.8 Å². The standard InChI is InChI=1S/C20H25N5O4S/c1-2-8-30-20-23-17(21-9-12-6-4-3-5-7-12)14-18(24-20)25(11-22-14)19-16(28)15(27)13(10-26)29-19/h3-7,11,13,15-16,19,26-28H,2,8-10H2,1H3,(H,21,23,24)/t13-,15-,16-,19-/m1/s1. The monoisotopic (exact) mass is 431 g/mol. The van der Waals surface area contributed by atoms with Gasteiger partial charge in [-0.1, -0.05) is 49.0 Å². The number of aliphatic hydroxyl groups excluding tert-OH is 3. The van der Waals surface area contributed by atoms with E-state index in [1.807, 2.05) is 30.3 Å². The van der Waals surface area contributed by atoms with Crippen molar-refractivity contribution in [1.82, 2.24) is 19.5 Å². The van der Waals surface area contributed by atoms with Crippen LogP contribution in [0.25, 0.3) is 11.2 Å². The fraction of sp³-hybridized carbons (Fsp3) is 0.450. The number of hydrogen-bond acceptors (Lipinski definition) is 9. The second kappa shape index (κ2) is 9.27. The van der Waals surface area contributed by atoms with Crippen LogP contribution in [0.2, 0.25) is 0 Å². The third kappa shape index (κ3) is 4.14. The van der Waals surface area contributed by atoms with E-state index in [0.717, 1.165) is 17.7 Å². The van der Waals surface area contributed by atoms with E-state index >= 15 is 0 Å². The van der Waals surface area contributed by atoms with Crippen molar-refractivity contribution in [1.29, 1.82) is 0 Å². The van der Waals surface area contributed by atoms with Crippen LogP contribution in [0.1, 0.15) is 25.1 Å². The molecular weight excluding hydrogens is 406 g/mol. The molecule has 10 heteroatoms. The van der Waals surface area contributed by atoms with Gasteiger partial charge in [-0.2, -0.15) is 0 Å². The largest absolute Gasteiger partial charge is 0.394 e. The van der Waals surface area contributed by atoms with Crippen molar-refractivity contribution in [2.45, 2.75) is 49.6 Å². The van der Waals surface area contributed by atoms with Gasteiger partial charge >= 0.3 is 0 Å². The molecule has 2 aromatic heterocycles. The third-order valence-electron chi connectivity index (χ3n) is 4.93. The number of nitrogens with zero attached hydrogens (tertiary/aromatic N) is 4. The summed E-state index contributed by atoms with van der Waals surface area (Å²) < 4.78 is 7.25. The summed E-state index contributed by atoms with van der Waals surface area (Å²) in [7, 11) is 0. The van der Waals surface area contributed by atoms with Crippen LogP contribution >= 0.6 is 11.8 Å². The maximum atomic E-state index is 10.4. The highest BCUT2D eigenvalue weighted by Gasteiger charge is 2.44. The Kier molecular flexibility index (Phi) is 6.49. The number of imidazole rings is 1. The number of aromatic nitrogens is 4. The van der Waals surface area contributed by atoms with Gasteiger partial charge in [-0.3, -0.25) is 4.57 Å². The second-order valence-electron chi connectivity index (χ2n) is 7.10. The molecule has 4 atom stereocenters. The SMILES string of the molecule is CCCSc1nc(NCc2ccccc2)c2ncn([C@@H]3O[C@H](CO)[C@@H](O)[C@H]3O)c2n1. The Morgan fingerprint density at radius 2 is 1.97 bits per heavy atom. The van der Waals surface area contributed by atoms with Gasteiger partial charge in [-0.05, 0) is 12.0 Å². The second-order valence-corrected chi connectivity index (χ2v) is 8.16. The van der Waals surface area contributed by atoms with E-state index < -0.39 is 31.1 Å². The van der Waals surface area contributed by atoms with Crippen LogP contribution in [-0.4, -0.2) is 65.5 Å². The van der Waals surface area contributed by atoms with E-state index in [1.165, 1.54) is 18.1 Å². The molecule has 0 unspecified atom stereocenters. The lowest BCUT2D eigenvalue weighted by atomic mass is 10.1. The zero-order valence-electron chi connectivity index (χ0n) is 16.5. The average Bonchev–Trinajstić information content (AvgIpc) is 3.32. The molecule has 4 N–H and O–H groups in total. The molecule has 30 heavy (non-hydrogen) atoms. The van der Waals surface area contributed by atoms with Gasteiger partial charge in [0.2, 0.25) is 0 Å². The highest BCUT2D eigenvalue weighted by Crippen LogP contribution is 2.33. The molecule has 4 rings (SSSR count). The molecule has 0 amide bonds. The molecule has 1 aliphatic heterocycles. The predicted octanol–water partition coefficient (Wildman–Crippen LogP) is 1.55. The van der Waals surface area contributed by atoms with Crippen LogP contribution in [0.3, 0.4) is 0 Å². The lowest BCUT2D eigenvalue weighted by molar-refractivity contribution is -0.0511. The van der Waals surface area contributed by atoms with Crippen molar-refractivity contribution in [3.63, 3.8) is 0 Å². The van der Waals surface area contributed by atoms with Gasteiger partial charge in [-0.15, -0.1) is 0 Å². The molecule has 160 valence electrons. The number of thioether (sulfide) groups is 1. The van der Waals surface area contributed by atoms with Gasteiger partial charge in [-0.25, -0.2) is 15.0 Å². The van der Waals surface area contributed by atoms with Gasteiger partial charge < -0.3 is 25.4 Å². The topological polar surface area (TPSA) is 126 Å². The zero-order valence-corrected chi connectivity index (χ0v) is 17.4. The number of aliphatic hydroxyl groups is 3. The smallest absolute Gasteiger partial charge is 0.191 e. The first kappa shape index (κ1) is 21.0. The lowest BCUT2D eigenvalue weighted by Gasteiger charge is -2.17. The summed E-state index contributed by atoms with van der Waals surface area (Å²) in [5.74, 6) is 1.46. The van der Waals surface area contributed by atoms with Crippen molar-refractivity contribution in [3.05, 3.63) is 42.2 Å². The van der Waals surface area contributed by atoms with Crippen molar-refractivity contribution in [2.24, 2.45) is 0 Å². The van der Waals surface area contributed by atoms with E-state index in [1.54, 1.807) is 4.57 Å². The van der Waals surface area contributed by atoms with Gasteiger partial charge in [0.05, 0.1) is 12.9 Å². The quantitative estimate of drug-likeness (QED) is 0.310. The van der Waals surface area contributed by atoms with Crippen LogP contribution < -0.4 is 5.32 Å². The number of anilines is 1. The zero-order chi connectivity index (χ0) is 21.1. The molecule has 0 aliphatic carbocycles. The van der Waals surface area contributed by atoms with Crippen LogP contribution in [0.4, 0.5) is 5.82 Å². The molecule has 3 aromatic rings. The Hall–Kier alpha value is -2.24. The van der Waals surface area contributed by atoms with E-state index in [2.05, 4.69) is 27.2 Å². The molecule has 1 saturated heterocycles. The highest BCUT2D eigenvalue weighted by atomic mass is 32.2. The maximum Gasteiger partial charge on any atom is 0.191 e. The summed E-state index contributed by atoms with van der Waals surface area (Å²) in [6.07, 6.45) is -1.67. The molecule has 1 fully saturated rings. The Labute approximate surface area is 178 Å². The predicted molar refractivity (Wildman–Crippen MR) is 113 cm³/mol. The van der Waals surface area contributed by atoms with E-state index in [4.69, 9.17) is 4.74 Å². The number of benzene rings is 1. The summed E-state index contributed by atoms with van der Waals surface area (Å²) in [6, 6.07) is 9.97. The first-order valence-corrected chi connectivity index (χ1v) is 10.9. The lowest BCUT2D eigenvalue weighted by Crippen LogP contribution is -2.33. The fourth-order valence-corrected chi connectivity index (χ4v) is 4.05. The molecule has 1 aliphatic rings. The fourth-order valence-electron chi connectivity index (χ4n) is 3.36. The van der Waals surface area contributed by atoms with Crippen molar-refractivity contribution < 1.29 is 20.1 Å². The summed E-state index contributed by atoms with van der Waals surface area (Å²) in [4.78, 5) is 13.7. The summed E-state index contributed by atoms with van der Waals surface area (Å²) >= 11 is 1.54. The molecule has 3 heterocycles.